The van der Waals surface area contributed by atoms with Crippen molar-refractivity contribution < 1.29 is 64.2 Å². The average molecular weight is 593 g/mol. The Labute approximate surface area is 238 Å². The van der Waals surface area contributed by atoms with Crippen LogP contribution in [0.5, 0.6) is 17.2 Å². The third-order valence-electron chi connectivity index (χ3n) is 7.60. The predicted molar refractivity (Wildman–Crippen MR) is 142 cm³/mol. The molecule has 0 amide bonds. The Bertz CT molecular complexity index is 1470. The Morgan fingerprint density at radius 2 is 1.57 bits per heavy atom. The third kappa shape index (κ3) is 5.21. The van der Waals surface area contributed by atoms with E-state index in [1.165, 1.54) is 38.3 Å². The zero-order valence-corrected chi connectivity index (χ0v) is 22.5. The van der Waals surface area contributed by atoms with Crippen LogP contribution in [0.2, 0.25) is 0 Å². The second-order valence-corrected chi connectivity index (χ2v) is 10.3. The molecule has 42 heavy (non-hydrogen) atoms. The molecule has 10 atom stereocenters. The number of methoxy groups -OCH3 is 1. The van der Waals surface area contributed by atoms with Crippen molar-refractivity contribution in [3.05, 3.63) is 52.2 Å². The van der Waals surface area contributed by atoms with Gasteiger partial charge in [0.1, 0.15) is 77.2 Å². The largest absolute Gasteiger partial charge is 0.508 e. The van der Waals surface area contributed by atoms with Crippen LogP contribution in [0.4, 0.5) is 0 Å². The standard InChI is InChI=1S/C28H32O14/c1-10-20(33)22(35)24(37)28(39-10)42-27-23(36)21(34)17(9-29)41-26(27)19-16(38-2)8-14(32)18-13(31)7-15(40-25(18)19)11-3-5-12(30)6-4-11/h3-8,10,17,20-24,26-30,32-37H,9H2,1-2H3/t10-,17+,20-,21+,22+,23-,24+,26-,27+,28+/m0/s1. The van der Waals surface area contributed by atoms with E-state index in [-0.39, 0.29) is 33.8 Å². The molecule has 8 N–H and O–H groups in total. The van der Waals surface area contributed by atoms with Crippen molar-refractivity contribution in [3.8, 4) is 28.6 Å². The quantitative estimate of drug-likeness (QED) is 0.176. The van der Waals surface area contributed by atoms with Gasteiger partial charge >= 0.3 is 0 Å². The Kier molecular flexibility index (Phi) is 8.44. The van der Waals surface area contributed by atoms with E-state index in [2.05, 4.69) is 0 Å². The van der Waals surface area contributed by atoms with Gasteiger partial charge in [-0.2, -0.15) is 0 Å². The van der Waals surface area contributed by atoms with Crippen molar-refractivity contribution in [3.63, 3.8) is 0 Å². The maximum Gasteiger partial charge on any atom is 0.197 e. The van der Waals surface area contributed by atoms with Crippen LogP contribution < -0.4 is 10.2 Å². The first-order valence-corrected chi connectivity index (χ1v) is 13.1. The molecule has 2 aliphatic rings. The van der Waals surface area contributed by atoms with E-state index >= 15 is 0 Å². The molecule has 0 saturated carbocycles. The summed E-state index contributed by atoms with van der Waals surface area (Å²) in [6.45, 7) is 0.682. The van der Waals surface area contributed by atoms with E-state index in [1.807, 2.05) is 0 Å². The number of ether oxygens (including phenoxy) is 4. The van der Waals surface area contributed by atoms with Crippen LogP contribution in [0.25, 0.3) is 22.3 Å². The normalized spacial score (nSPS) is 33.5. The molecular weight excluding hydrogens is 560 g/mol. The summed E-state index contributed by atoms with van der Waals surface area (Å²) in [5.41, 5.74) is -0.571. The molecule has 2 fully saturated rings. The molecule has 5 rings (SSSR count). The molecule has 3 aromatic rings. The first-order valence-electron chi connectivity index (χ1n) is 13.1. The van der Waals surface area contributed by atoms with Gasteiger partial charge in [-0.1, -0.05) is 0 Å². The number of phenolic OH excluding ortho intramolecular Hbond substituents is 2. The molecule has 14 heteroatoms. The lowest BCUT2D eigenvalue weighted by Crippen LogP contribution is -2.61. The summed E-state index contributed by atoms with van der Waals surface area (Å²) in [7, 11) is 1.26. The number of benzene rings is 2. The molecule has 0 unspecified atom stereocenters. The van der Waals surface area contributed by atoms with E-state index in [0.717, 1.165) is 12.1 Å². The van der Waals surface area contributed by atoms with Crippen LogP contribution in [-0.2, 0) is 14.2 Å². The number of hydrogen-bond acceptors (Lipinski definition) is 14. The zero-order chi connectivity index (χ0) is 30.5. The summed E-state index contributed by atoms with van der Waals surface area (Å²) < 4.78 is 29.0. The molecule has 0 spiro atoms. The molecule has 3 heterocycles. The van der Waals surface area contributed by atoms with Gasteiger partial charge in [0.2, 0.25) is 0 Å². The summed E-state index contributed by atoms with van der Waals surface area (Å²) in [5, 5.41) is 82.8. The average Bonchev–Trinajstić information content (AvgIpc) is 2.97. The van der Waals surface area contributed by atoms with Crippen LogP contribution in [-0.4, -0.2) is 110 Å². The fraction of sp³-hybridized carbons (Fsp3) is 0.464. The molecule has 0 bridgehead atoms. The van der Waals surface area contributed by atoms with Crippen LogP contribution >= 0.6 is 0 Å². The first-order chi connectivity index (χ1) is 20.0. The maximum atomic E-state index is 13.3. The number of aliphatic hydroxyl groups is 6. The van der Waals surface area contributed by atoms with E-state index in [1.54, 1.807) is 0 Å². The number of aliphatic hydroxyl groups excluding tert-OH is 6. The first kappa shape index (κ1) is 30.2. The van der Waals surface area contributed by atoms with E-state index in [9.17, 15) is 45.6 Å². The fourth-order valence-electron chi connectivity index (χ4n) is 5.27. The van der Waals surface area contributed by atoms with Crippen LogP contribution in [0, 0.1) is 0 Å². The lowest BCUT2D eigenvalue weighted by atomic mass is 9.89. The molecule has 2 aromatic carbocycles. The van der Waals surface area contributed by atoms with Gasteiger partial charge < -0.3 is 64.2 Å². The van der Waals surface area contributed by atoms with Crippen LogP contribution in [0.3, 0.4) is 0 Å². The van der Waals surface area contributed by atoms with Crippen LogP contribution in [0.15, 0.2) is 45.6 Å². The van der Waals surface area contributed by atoms with Crippen molar-refractivity contribution in [2.24, 2.45) is 0 Å². The van der Waals surface area contributed by atoms with Gasteiger partial charge in [-0.15, -0.1) is 0 Å². The van der Waals surface area contributed by atoms with Gasteiger partial charge in [0.15, 0.2) is 17.3 Å². The molecular formula is C28H32O14. The minimum atomic E-state index is -1.79. The van der Waals surface area contributed by atoms with Crippen LogP contribution in [0.1, 0.15) is 18.6 Å². The molecule has 14 nitrogen and oxygen atoms in total. The number of aromatic hydroxyl groups is 2. The minimum absolute atomic E-state index is 0.0286. The van der Waals surface area contributed by atoms with Crippen molar-refractivity contribution in [1.29, 1.82) is 0 Å². The molecule has 1 aromatic heterocycles. The van der Waals surface area contributed by atoms with Gasteiger partial charge in [-0.05, 0) is 31.2 Å². The number of rotatable bonds is 6. The van der Waals surface area contributed by atoms with Gasteiger partial charge in [-0.3, -0.25) is 4.79 Å². The monoisotopic (exact) mass is 592 g/mol. The number of fused-ring (bicyclic) bond motifs is 1. The zero-order valence-electron chi connectivity index (χ0n) is 22.5. The smallest absolute Gasteiger partial charge is 0.197 e. The Hall–Kier alpha value is -3.31. The minimum Gasteiger partial charge on any atom is -0.508 e. The predicted octanol–water partition coefficient (Wildman–Crippen LogP) is -0.754. The number of hydrogen-bond donors (Lipinski definition) is 8. The molecule has 2 saturated heterocycles. The summed E-state index contributed by atoms with van der Waals surface area (Å²) in [6, 6.07) is 8.00. The summed E-state index contributed by atoms with van der Waals surface area (Å²) in [5.74, 6) is -0.579. The molecule has 2 aliphatic heterocycles. The molecule has 0 aliphatic carbocycles. The Morgan fingerprint density at radius 1 is 0.881 bits per heavy atom. The fourth-order valence-corrected chi connectivity index (χ4v) is 5.27. The second-order valence-electron chi connectivity index (χ2n) is 10.3. The number of phenols is 2. The third-order valence-corrected chi connectivity index (χ3v) is 7.60. The lowest BCUT2D eigenvalue weighted by molar-refractivity contribution is -0.338. The Balaban J connectivity index is 1.69. The summed E-state index contributed by atoms with van der Waals surface area (Å²) >= 11 is 0. The highest BCUT2D eigenvalue weighted by Crippen LogP contribution is 2.45. The van der Waals surface area contributed by atoms with E-state index in [4.69, 9.17) is 23.4 Å². The lowest BCUT2D eigenvalue weighted by Gasteiger charge is -2.46. The van der Waals surface area contributed by atoms with Gasteiger partial charge in [0.25, 0.3) is 0 Å². The second kappa shape index (κ2) is 11.8. The van der Waals surface area contributed by atoms with Gasteiger partial charge in [-0.25, -0.2) is 0 Å². The summed E-state index contributed by atoms with van der Waals surface area (Å²) in [6.07, 6.45) is -15.5. The van der Waals surface area contributed by atoms with Gasteiger partial charge in [0.05, 0.1) is 25.4 Å². The topological polar surface area (TPSA) is 229 Å². The highest BCUT2D eigenvalue weighted by atomic mass is 16.7. The van der Waals surface area contributed by atoms with E-state index < -0.39 is 79.0 Å². The molecule has 0 radical (unpaired) electrons. The van der Waals surface area contributed by atoms with Gasteiger partial charge in [0, 0.05) is 17.7 Å². The van der Waals surface area contributed by atoms with E-state index in [0.29, 0.717) is 5.56 Å². The molecule has 228 valence electrons. The highest BCUT2D eigenvalue weighted by Gasteiger charge is 2.51. The van der Waals surface area contributed by atoms with Crippen molar-refractivity contribution in [1.82, 2.24) is 0 Å². The van der Waals surface area contributed by atoms with Crippen molar-refractivity contribution >= 4 is 11.0 Å². The Morgan fingerprint density at radius 3 is 2.21 bits per heavy atom. The van der Waals surface area contributed by atoms with Crippen molar-refractivity contribution in [2.75, 3.05) is 13.7 Å². The van der Waals surface area contributed by atoms with Crippen molar-refractivity contribution in [2.45, 2.75) is 68.1 Å². The highest BCUT2D eigenvalue weighted by molar-refractivity contribution is 5.89. The maximum absolute atomic E-state index is 13.3. The SMILES string of the molecule is COc1cc(O)c2c(=O)cc(-c3ccc(O)cc3)oc2c1[C@@H]1O[C@H](CO)[C@@H](O)[C@H](O)[C@H]1O[C@H]1O[C@@H](C)[C@H](O)[C@@H](O)[C@H]1O. The summed E-state index contributed by atoms with van der Waals surface area (Å²) in [4.78, 5) is 13.3.